The third kappa shape index (κ3) is 3.49. The molecule has 17 heavy (non-hydrogen) atoms. The van der Waals surface area contributed by atoms with Gasteiger partial charge in [0.05, 0.1) is 24.9 Å². The number of aliphatic hydroxyl groups is 1. The maximum absolute atomic E-state index is 8.56. The Morgan fingerprint density at radius 2 is 2.41 bits per heavy atom. The van der Waals surface area contributed by atoms with Crippen LogP contribution < -0.4 is 5.32 Å². The lowest BCUT2D eigenvalue weighted by atomic mass is 10.2. The molecule has 1 aromatic rings. The van der Waals surface area contributed by atoms with Crippen molar-refractivity contribution in [3.8, 4) is 0 Å². The zero-order valence-electron chi connectivity index (χ0n) is 10.1. The number of aromatic nitrogens is 1. The van der Waals surface area contributed by atoms with E-state index in [1.165, 1.54) is 11.3 Å². The van der Waals surface area contributed by atoms with Crippen molar-refractivity contribution in [2.75, 3.05) is 26.4 Å². The van der Waals surface area contributed by atoms with Crippen LogP contribution in [0.4, 0.5) is 0 Å². The number of nitrogens with zero attached hydrogens (tertiary/aromatic N) is 1. The first kappa shape index (κ1) is 12.5. The fourth-order valence-electron chi connectivity index (χ4n) is 2.23. The second-order valence-electron chi connectivity index (χ2n) is 4.28. The van der Waals surface area contributed by atoms with Gasteiger partial charge in [-0.1, -0.05) is 6.07 Å². The van der Waals surface area contributed by atoms with E-state index in [1.54, 1.807) is 0 Å². The molecule has 1 aliphatic rings. The molecular formula is C13H20N2O2. The fraction of sp³-hybridized carbons (Fsp3) is 0.615. The van der Waals surface area contributed by atoms with E-state index in [0.717, 1.165) is 25.8 Å². The van der Waals surface area contributed by atoms with Gasteiger partial charge >= 0.3 is 0 Å². The van der Waals surface area contributed by atoms with Crippen molar-refractivity contribution in [1.29, 1.82) is 0 Å². The van der Waals surface area contributed by atoms with Crippen molar-refractivity contribution in [3.63, 3.8) is 0 Å². The molecule has 0 radical (unpaired) electrons. The van der Waals surface area contributed by atoms with Gasteiger partial charge in [-0.15, -0.1) is 0 Å². The van der Waals surface area contributed by atoms with E-state index >= 15 is 0 Å². The lowest BCUT2D eigenvalue weighted by Gasteiger charge is -2.12. The quantitative estimate of drug-likeness (QED) is 0.695. The molecular weight excluding hydrogens is 216 g/mol. The smallest absolute Gasteiger partial charge is 0.0697 e. The fourth-order valence-corrected chi connectivity index (χ4v) is 2.23. The van der Waals surface area contributed by atoms with Crippen molar-refractivity contribution in [2.24, 2.45) is 0 Å². The monoisotopic (exact) mass is 236 g/mol. The SMILES string of the molecule is OCCOCCCNC1CCc2cccnc21. The van der Waals surface area contributed by atoms with Crippen LogP contribution in [0.15, 0.2) is 18.3 Å². The summed E-state index contributed by atoms with van der Waals surface area (Å²) in [6.07, 6.45) is 5.10. The third-order valence-electron chi connectivity index (χ3n) is 3.05. The summed E-state index contributed by atoms with van der Waals surface area (Å²) in [5, 5.41) is 12.1. The van der Waals surface area contributed by atoms with Crippen LogP contribution in [0.25, 0.3) is 0 Å². The number of aryl methyl sites for hydroxylation is 1. The Morgan fingerprint density at radius 3 is 3.29 bits per heavy atom. The first-order valence-corrected chi connectivity index (χ1v) is 6.27. The maximum atomic E-state index is 8.56. The van der Waals surface area contributed by atoms with E-state index in [4.69, 9.17) is 9.84 Å². The average Bonchev–Trinajstić information content (AvgIpc) is 2.77. The van der Waals surface area contributed by atoms with E-state index in [-0.39, 0.29) is 6.61 Å². The van der Waals surface area contributed by atoms with Gasteiger partial charge in [0, 0.05) is 12.8 Å². The highest BCUT2D eigenvalue weighted by Gasteiger charge is 2.22. The summed E-state index contributed by atoms with van der Waals surface area (Å²) in [6, 6.07) is 4.57. The molecule has 2 N–H and O–H groups in total. The van der Waals surface area contributed by atoms with E-state index in [0.29, 0.717) is 19.3 Å². The highest BCUT2D eigenvalue weighted by Crippen LogP contribution is 2.28. The van der Waals surface area contributed by atoms with Gasteiger partial charge in [0.25, 0.3) is 0 Å². The molecule has 4 heteroatoms. The molecule has 94 valence electrons. The van der Waals surface area contributed by atoms with Crippen molar-refractivity contribution < 1.29 is 9.84 Å². The minimum atomic E-state index is 0.105. The molecule has 0 fully saturated rings. The van der Waals surface area contributed by atoms with Crippen LogP contribution >= 0.6 is 0 Å². The summed E-state index contributed by atoms with van der Waals surface area (Å²) in [5.74, 6) is 0. The van der Waals surface area contributed by atoms with E-state index in [9.17, 15) is 0 Å². The first-order valence-electron chi connectivity index (χ1n) is 6.27. The lowest BCUT2D eigenvalue weighted by molar-refractivity contribution is 0.0903. The van der Waals surface area contributed by atoms with Crippen LogP contribution in [0.3, 0.4) is 0 Å². The summed E-state index contributed by atoms with van der Waals surface area (Å²) < 4.78 is 5.21. The van der Waals surface area contributed by atoms with Crippen molar-refractivity contribution in [1.82, 2.24) is 10.3 Å². The van der Waals surface area contributed by atoms with Gasteiger partial charge in [0.1, 0.15) is 0 Å². The van der Waals surface area contributed by atoms with Crippen LogP contribution in [-0.2, 0) is 11.2 Å². The summed E-state index contributed by atoms with van der Waals surface area (Å²) in [4.78, 5) is 4.44. The van der Waals surface area contributed by atoms with E-state index in [1.807, 2.05) is 12.3 Å². The molecule has 1 aliphatic carbocycles. The van der Waals surface area contributed by atoms with Gasteiger partial charge in [-0.3, -0.25) is 4.98 Å². The van der Waals surface area contributed by atoms with Gasteiger partial charge in [-0.25, -0.2) is 0 Å². The Morgan fingerprint density at radius 1 is 1.47 bits per heavy atom. The second kappa shape index (κ2) is 6.69. The van der Waals surface area contributed by atoms with E-state index < -0.39 is 0 Å². The second-order valence-corrected chi connectivity index (χ2v) is 4.28. The number of hydrogen-bond acceptors (Lipinski definition) is 4. The maximum Gasteiger partial charge on any atom is 0.0697 e. The molecule has 0 saturated heterocycles. The number of hydrogen-bond donors (Lipinski definition) is 2. The number of aliphatic hydroxyl groups excluding tert-OH is 1. The highest BCUT2D eigenvalue weighted by atomic mass is 16.5. The van der Waals surface area contributed by atoms with E-state index in [2.05, 4.69) is 16.4 Å². The normalized spacial score (nSPS) is 18.3. The Hall–Kier alpha value is -0.970. The number of nitrogens with one attached hydrogen (secondary N) is 1. The molecule has 0 aromatic carbocycles. The predicted molar refractivity (Wildman–Crippen MR) is 65.8 cm³/mol. The van der Waals surface area contributed by atoms with Crippen LogP contribution in [0.1, 0.15) is 30.1 Å². The molecule has 0 aliphatic heterocycles. The largest absolute Gasteiger partial charge is 0.394 e. The van der Waals surface area contributed by atoms with Crippen LogP contribution in [-0.4, -0.2) is 36.5 Å². The Labute approximate surface area is 102 Å². The first-order chi connectivity index (χ1) is 8.42. The third-order valence-corrected chi connectivity index (χ3v) is 3.05. The van der Waals surface area contributed by atoms with Gasteiger partial charge < -0.3 is 15.2 Å². The Kier molecular flexibility index (Phi) is 4.91. The number of fused-ring (bicyclic) bond motifs is 1. The summed E-state index contributed by atoms with van der Waals surface area (Å²) in [6.45, 7) is 2.18. The number of rotatable bonds is 7. The molecule has 4 nitrogen and oxygen atoms in total. The molecule has 1 aromatic heterocycles. The minimum absolute atomic E-state index is 0.105. The zero-order chi connectivity index (χ0) is 11.9. The zero-order valence-corrected chi connectivity index (χ0v) is 10.1. The highest BCUT2D eigenvalue weighted by molar-refractivity contribution is 5.27. The molecule has 1 atom stereocenters. The summed E-state index contributed by atoms with van der Waals surface area (Å²) in [5.41, 5.74) is 2.59. The van der Waals surface area contributed by atoms with Gasteiger partial charge in [-0.2, -0.15) is 0 Å². The molecule has 0 bridgehead atoms. The standard InChI is InChI=1S/C13H20N2O2/c16-8-10-17-9-2-7-14-12-5-4-11-3-1-6-15-13(11)12/h1,3,6,12,14,16H,2,4-5,7-10H2. The van der Waals surface area contributed by atoms with Crippen LogP contribution in [0.5, 0.6) is 0 Å². The Balaban J connectivity index is 1.68. The average molecular weight is 236 g/mol. The summed E-state index contributed by atoms with van der Waals surface area (Å²) >= 11 is 0. The molecule has 0 spiro atoms. The van der Waals surface area contributed by atoms with Crippen molar-refractivity contribution in [3.05, 3.63) is 29.6 Å². The number of ether oxygens (including phenoxy) is 1. The Bertz CT molecular complexity index is 344. The molecule has 0 saturated carbocycles. The van der Waals surface area contributed by atoms with Gasteiger partial charge in [0.15, 0.2) is 0 Å². The summed E-state index contributed by atoms with van der Waals surface area (Å²) in [7, 11) is 0. The molecule has 1 unspecified atom stereocenters. The van der Waals surface area contributed by atoms with Crippen molar-refractivity contribution in [2.45, 2.75) is 25.3 Å². The predicted octanol–water partition coefficient (Wildman–Crippen LogP) is 1.06. The minimum Gasteiger partial charge on any atom is -0.394 e. The van der Waals surface area contributed by atoms with Gasteiger partial charge in [0.2, 0.25) is 0 Å². The topological polar surface area (TPSA) is 54.4 Å². The van der Waals surface area contributed by atoms with Crippen LogP contribution in [0, 0.1) is 0 Å². The number of pyridine rings is 1. The van der Waals surface area contributed by atoms with Crippen molar-refractivity contribution >= 4 is 0 Å². The van der Waals surface area contributed by atoms with Gasteiger partial charge in [-0.05, 0) is 37.4 Å². The molecule has 1 heterocycles. The molecule has 2 rings (SSSR count). The van der Waals surface area contributed by atoms with Crippen LogP contribution in [0.2, 0.25) is 0 Å². The molecule has 0 amide bonds. The lowest BCUT2D eigenvalue weighted by Crippen LogP contribution is -2.22.